The van der Waals surface area contributed by atoms with Crippen molar-refractivity contribution < 1.29 is 9.90 Å². The maximum absolute atomic E-state index is 11.9. The van der Waals surface area contributed by atoms with Crippen molar-refractivity contribution in [1.29, 1.82) is 0 Å². The average Bonchev–Trinajstić information content (AvgIpc) is 2.87. The largest absolute Gasteiger partial charge is 0.392 e. The topological polar surface area (TPSA) is 52.6 Å². The number of hydrogen-bond acceptors (Lipinski definition) is 3. The van der Waals surface area contributed by atoms with Crippen molar-refractivity contribution in [3.63, 3.8) is 0 Å². The van der Waals surface area contributed by atoms with Crippen molar-refractivity contribution in [3.05, 3.63) is 0 Å². The second-order valence-electron chi connectivity index (χ2n) is 6.09. The number of amides is 1. The van der Waals surface area contributed by atoms with E-state index in [0.29, 0.717) is 18.4 Å². The molecule has 4 nitrogen and oxygen atoms in total. The molecule has 18 heavy (non-hydrogen) atoms. The van der Waals surface area contributed by atoms with Crippen LogP contribution in [0.25, 0.3) is 0 Å². The van der Waals surface area contributed by atoms with Gasteiger partial charge in [0.2, 0.25) is 5.91 Å². The van der Waals surface area contributed by atoms with E-state index in [1.807, 2.05) is 4.90 Å². The van der Waals surface area contributed by atoms with Gasteiger partial charge in [-0.15, -0.1) is 0 Å². The zero-order valence-electron chi connectivity index (χ0n) is 11.0. The number of aliphatic hydroxyl groups excluding tert-OH is 1. The highest BCUT2D eigenvalue weighted by atomic mass is 16.3. The number of fused-ring (bicyclic) bond motifs is 1. The molecule has 0 radical (unpaired) electrons. The van der Waals surface area contributed by atoms with Crippen LogP contribution in [0.15, 0.2) is 0 Å². The van der Waals surface area contributed by atoms with Crippen molar-refractivity contribution in [2.45, 2.75) is 75.6 Å². The average molecular weight is 252 g/mol. The number of carbonyl (C=O) groups is 1. The molecule has 0 aromatic heterocycles. The van der Waals surface area contributed by atoms with Gasteiger partial charge in [0, 0.05) is 31.1 Å². The van der Waals surface area contributed by atoms with E-state index in [-0.39, 0.29) is 18.2 Å². The minimum atomic E-state index is -0.224. The standard InChI is InChI=1S/C14H24N2O2/c17-13-7-3-1-2-5-10(13)15-11-9-14(18)16-8-4-6-12(11)16/h10-13,15,17H,1-9H2. The van der Waals surface area contributed by atoms with E-state index < -0.39 is 0 Å². The summed E-state index contributed by atoms with van der Waals surface area (Å²) < 4.78 is 0. The van der Waals surface area contributed by atoms with Crippen LogP contribution in [0.5, 0.6) is 0 Å². The first-order valence-electron chi connectivity index (χ1n) is 7.49. The molecule has 1 aliphatic carbocycles. The van der Waals surface area contributed by atoms with Crippen molar-refractivity contribution in [1.82, 2.24) is 10.2 Å². The van der Waals surface area contributed by atoms with Crippen LogP contribution >= 0.6 is 0 Å². The minimum absolute atomic E-state index is 0.200. The molecule has 0 bridgehead atoms. The van der Waals surface area contributed by atoms with E-state index in [9.17, 15) is 9.90 Å². The van der Waals surface area contributed by atoms with Gasteiger partial charge < -0.3 is 15.3 Å². The van der Waals surface area contributed by atoms with Crippen molar-refractivity contribution in [2.24, 2.45) is 0 Å². The molecule has 3 fully saturated rings. The van der Waals surface area contributed by atoms with Crippen molar-refractivity contribution in [2.75, 3.05) is 6.54 Å². The summed E-state index contributed by atoms with van der Waals surface area (Å²) in [5, 5.41) is 13.8. The molecule has 0 spiro atoms. The van der Waals surface area contributed by atoms with Gasteiger partial charge in [0.05, 0.1) is 6.10 Å². The minimum Gasteiger partial charge on any atom is -0.392 e. The molecule has 1 saturated carbocycles. The number of nitrogens with one attached hydrogen (secondary N) is 1. The Bertz CT molecular complexity index is 321. The normalized spacial score (nSPS) is 40.9. The molecule has 102 valence electrons. The summed E-state index contributed by atoms with van der Waals surface area (Å²) in [5.41, 5.74) is 0. The molecule has 2 N–H and O–H groups in total. The quantitative estimate of drug-likeness (QED) is 0.722. The number of carbonyl (C=O) groups excluding carboxylic acids is 1. The van der Waals surface area contributed by atoms with Crippen molar-refractivity contribution in [3.8, 4) is 0 Å². The second-order valence-corrected chi connectivity index (χ2v) is 6.09. The molecule has 0 aromatic rings. The van der Waals surface area contributed by atoms with Gasteiger partial charge in [-0.2, -0.15) is 0 Å². The highest BCUT2D eigenvalue weighted by molar-refractivity contribution is 5.80. The van der Waals surface area contributed by atoms with E-state index >= 15 is 0 Å². The summed E-state index contributed by atoms with van der Waals surface area (Å²) in [6, 6.07) is 0.872. The molecule has 4 unspecified atom stereocenters. The van der Waals surface area contributed by atoms with E-state index in [0.717, 1.165) is 38.6 Å². The van der Waals surface area contributed by atoms with Gasteiger partial charge in [-0.05, 0) is 25.7 Å². The predicted octanol–water partition coefficient (Wildman–Crippen LogP) is 1.03. The highest BCUT2D eigenvalue weighted by Crippen LogP contribution is 2.30. The van der Waals surface area contributed by atoms with Crippen LogP contribution < -0.4 is 5.32 Å². The van der Waals surface area contributed by atoms with Gasteiger partial charge in [-0.25, -0.2) is 0 Å². The third-order valence-electron chi connectivity index (χ3n) is 4.89. The second kappa shape index (κ2) is 5.17. The fourth-order valence-corrected chi connectivity index (χ4v) is 3.89. The van der Waals surface area contributed by atoms with Crippen LogP contribution in [0, 0.1) is 0 Å². The lowest BCUT2D eigenvalue weighted by Gasteiger charge is -2.28. The fraction of sp³-hybridized carbons (Fsp3) is 0.929. The van der Waals surface area contributed by atoms with Crippen LogP contribution in [0.1, 0.15) is 51.4 Å². The van der Waals surface area contributed by atoms with Gasteiger partial charge in [-0.1, -0.05) is 19.3 Å². The lowest BCUT2D eigenvalue weighted by molar-refractivity contribution is -0.127. The molecule has 0 aromatic carbocycles. The predicted molar refractivity (Wildman–Crippen MR) is 69.2 cm³/mol. The van der Waals surface area contributed by atoms with Crippen molar-refractivity contribution >= 4 is 5.91 Å². The van der Waals surface area contributed by atoms with Crippen LogP contribution in [0.3, 0.4) is 0 Å². The smallest absolute Gasteiger partial charge is 0.224 e. The highest BCUT2D eigenvalue weighted by Gasteiger charge is 2.43. The fourth-order valence-electron chi connectivity index (χ4n) is 3.89. The molecule has 4 heteroatoms. The first-order chi connectivity index (χ1) is 8.75. The number of hydrogen-bond donors (Lipinski definition) is 2. The Hall–Kier alpha value is -0.610. The summed E-state index contributed by atoms with van der Waals surface area (Å²) in [4.78, 5) is 13.9. The monoisotopic (exact) mass is 252 g/mol. The van der Waals surface area contributed by atoms with Gasteiger partial charge >= 0.3 is 0 Å². The van der Waals surface area contributed by atoms with Crippen LogP contribution in [0.4, 0.5) is 0 Å². The van der Waals surface area contributed by atoms with E-state index in [2.05, 4.69) is 5.32 Å². The zero-order chi connectivity index (χ0) is 12.5. The number of aliphatic hydroxyl groups is 1. The molecule has 2 saturated heterocycles. The number of rotatable bonds is 2. The summed E-state index contributed by atoms with van der Waals surface area (Å²) in [7, 11) is 0. The Kier molecular flexibility index (Phi) is 3.57. The Morgan fingerprint density at radius 1 is 1.06 bits per heavy atom. The van der Waals surface area contributed by atoms with Crippen LogP contribution in [-0.4, -0.2) is 46.7 Å². The molecule has 2 heterocycles. The molecular weight excluding hydrogens is 228 g/mol. The molecular formula is C14H24N2O2. The van der Waals surface area contributed by atoms with Gasteiger partial charge in [0.15, 0.2) is 0 Å². The SMILES string of the molecule is O=C1CC(NC2CCCCCC2O)C2CCCN12. The molecule has 1 amide bonds. The zero-order valence-corrected chi connectivity index (χ0v) is 11.0. The first kappa shape index (κ1) is 12.4. The van der Waals surface area contributed by atoms with Gasteiger partial charge in [0.1, 0.15) is 0 Å². The van der Waals surface area contributed by atoms with Gasteiger partial charge in [0.25, 0.3) is 0 Å². The molecule has 3 aliphatic rings. The summed E-state index contributed by atoms with van der Waals surface area (Å²) in [5.74, 6) is 0.304. The Morgan fingerprint density at radius 2 is 1.89 bits per heavy atom. The summed E-state index contributed by atoms with van der Waals surface area (Å²) >= 11 is 0. The Morgan fingerprint density at radius 3 is 2.78 bits per heavy atom. The molecule has 3 rings (SSSR count). The third kappa shape index (κ3) is 2.28. The Balaban J connectivity index is 1.63. The first-order valence-corrected chi connectivity index (χ1v) is 7.49. The van der Waals surface area contributed by atoms with E-state index in [1.165, 1.54) is 12.8 Å². The van der Waals surface area contributed by atoms with E-state index in [4.69, 9.17) is 0 Å². The van der Waals surface area contributed by atoms with Crippen LogP contribution in [0.2, 0.25) is 0 Å². The third-order valence-corrected chi connectivity index (χ3v) is 4.89. The number of nitrogens with zero attached hydrogens (tertiary/aromatic N) is 1. The maximum atomic E-state index is 11.9. The maximum Gasteiger partial charge on any atom is 0.224 e. The van der Waals surface area contributed by atoms with Crippen LogP contribution in [-0.2, 0) is 4.79 Å². The Labute approximate surface area is 109 Å². The van der Waals surface area contributed by atoms with E-state index in [1.54, 1.807) is 0 Å². The molecule has 2 aliphatic heterocycles. The summed E-state index contributed by atoms with van der Waals surface area (Å²) in [6.45, 7) is 0.939. The molecule has 4 atom stereocenters. The lowest BCUT2D eigenvalue weighted by atomic mass is 10.0. The summed E-state index contributed by atoms with van der Waals surface area (Å²) in [6.07, 6.45) is 8.21. The van der Waals surface area contributed by atoms with Gasteiger partial charge in [-0.3, -0.25) is 4.79 Å². The lowest BCUT2D eigenvalue weighted by Crippen LogP contribution is -2.49.